The molecule has 11 heteroatoms. The molecule has 2 N–H and O–H groups in total. The van der Waals surface area contributed by atoms with E-state index in [1.165, 1.54) is 41.7 Å². The van der Waals surface area contributed by atoms with Crippen molar-refractivity contribution in [3.8, 4) is 5.75 Å². The smallest absolute Gasteiger partial charge is 0.272 e. The van der Waals surface area contributed by atoms with E-state index in [1.807, 2.05) is 0 Å². The number of hydrazine groups is 1. The Kier molecular flexibility index (Phi) is 7.21. The van der Waals surface area contributed by atoms with E-state index in [2.05, 4.69) is 10.9 Å². The maximum Gasteiger partial charge on any atom is 0.272 e. The average Bonchev–Trinajstić information content (AvgIpc) is 2.78. The molecule has 1 aliphatic heterocycles. The number of sulfonamides is 1. The molecule has 2 aromatic rings. The topological polar surface area (TPSA) is 114 Å². The van der Waals surface area contributed by atoms with Gasteiger partial charge in [0.1, 0.15) is 16.5 Å². The molecule has 2 amide bonds. The summed E-state index contributed by atoms with van der Waals surface area (Å²) in [7, 11) is -2.48. The van der Waals surface area contributed by atoms with Gasteiger partial charge in [0.15, 0.2) is 0 Å². The third-order valence-electron chi connectivity index (χ3n) is 4.61. The Hall–Kier alpha value is -3.02. The second-order valence-electron chi connectivity index (χ2n) is 6.66. The minimum atomic E-state index is -3.84. The minimum Gasteiger partial charge on any atom is -0.495 e. The Morgan fingerprint density at radius 1 is 1.13 bits per heavy atom. The molecule has 1 aliphatic rings. The first-order valence-electron chi connectivity index (χ1n) is 9.41. The Labute approximate surface area is 179 Å². The highest BCUT2D eigenvalue weighted by Gasteiger charge is 2.29. The van der Waals surface area contributed by atoms with Crippen molar-refractivity contribution >= 4 is 21.8 Å². The monoisotopic (exact) mass is 451 g/mol. The number of ether oxygens (including phenoxy) is 2. The number of amides is 2. The van der Waals surface area contributed by atoms with Crippen molar-refractivity contribution in [1.82, 2.24) is 15.2 Å². The number of carbonyl (C=O) groups excluding carboxylic acids is 2. The number of hydrogen-bond donors (Lipinski definition) is 2. The molecule has 3 rings (SSSR count). The summed E-state index contributed by atoms with van der Waals surface area (Å²) in [5, 5.41) is 0. The van der Waals surface area contributed by atoms with Gasteiger partial charge in [-0.05, 0) is 29.8 Å². The Bertz CT molecular complexity index is 1070. The number of hydrogen-bond acceptors (Lipinski definition) is 6. The highest BCUT2D eigenvalue weighted by Crippen LogP contribution is 2.28. The largest absolute Gasteiger partial charge is 0.495 e. The van der Waals surface area contributed by atoms with Gasteiger partial charge in [-0.1, -0.05) is 18.2 Å². The predicted molar refractivity (Wildman–Crippen MR) is 108 cm³/mol. The lowest BCUT2D eigenvalue weighted by atomic mass is 10.1. The lowest BCUT2D eigenvalue weighted by molar-refractivity contribution is -0.121. The zero-order chi connectivity index (χ0) is 22.4. The third kappa shape index (κ3) is 5.37. The number of carbonyl (C=O) groups is 2. The van der Waals surface area contributed by atoms with E-state index in [-0.39, 0.29) is 35.7 Å². The Morgan fingerprint density at radius 3 is 2.52 bits per heavy atom. The highest BCUT2D eigenvalue weighted by molar-refractivity contribution is 7.89. The van der Waals surface area contributed by atoms with E-state index >= 15 is 0 Å². The van der Waals surface area contributed by atoms with Crippen LogP contribution in [-0.4, -0.2) is 58.0 Å². The number of benzene rings is 2. The average molecular weight is 451 g/mol. The Balaban J connectivity index is 1.70. The molecule has 0 aromatic heterocycles. The summed E-state index contributed by atoms with van der Waals surface area (Å²) >= 11 is 0. The van der Waals surface area contributed by atoms with Gasteiger partial charge in [0.2, 0.25) is 15.9 Å². The SMILES string of the molecule is COc1ccc(CC(=O)NNC(=O)c2ccccc2F)cc1S(=O)(=O)N1CCOCC1. The second-order valence-corrected chi connectivity index (χ2v) is 8.57. The minimum absolute atomic E-state index is 0.0578. The normalized spacial score (nSPS) is 14.6. The summed E-state index contributed by atoms with van der Waals surface area (Å²) in [5.74, 6) is -1.98. The van der Waals surface area contributed by atoms with Crippen molar-refractivity contribution in [2.24, 2.45) is 0 Å². The molecule has 0 spiro atoms. The van der Waals surface area contributed by atoms with Gasteiger partial charge in [-0.3, -0.25) is 20.4 Å². The fraction of sp³-hybridized carbons (Fsp3) is 0.300. The molecule has 0 unspecified atom stereocenters. The van der Waals surface area contributed by atoms with Gasteiger partial charge >= 0.3 is 0 Å². The molecule has 166 valence electrons. The van der Waals surface area contributed by atoms with Gasteiger partial charge < -0.3 is 9.47 Å². The highest BCUT2D eigenvalue weighted by atomic mass is 32.2. The molecule has 31 heavy (non-hydrogen) atoms. The van der Waals surface area contributed by atoms with Crippen LogP contribution in [-0.2, 0) is 26.0 Å². The van der Waals surface area contributed by atoms with Crippen LogP contribution in [0.2, 0.25) is 0 Å². The lowest BCUT2D eigenvalue weighted by Gasteiger charge is -2.26. The van der Waals surface area contributed by atoms with Crippen LogP contribution in [0.4, 0.5) is 4.39 Å². The summed E-state index contributed by atoms with van der Waals surface area (Å²) in [4.78, 5) is 24.2. The molecule has 9 nitrogen and oxygen atoms in total. The van der Waals surface area contributed by atoms with Gasteiger partial charge in [0, 0.05) is 13.1 Å². The van der Waals surface area contributed by atoms with Gasteiger partial charge in [0.25, 0.3) is 5.91 Å². The first kappa shape index (κ1) is 22.7. The number of nitrogens with zero attached hydrogens (tertiary/aromatic N) is 1. The van der Waals surface area contributed by atoms with E-state index < -0.39 is 27.7 Å². The van der Waals surface area contributed by atoms with E-state index in [1.54, 1.807) is 6.07 Å². The quantitative estimate of drug-likeness (QED) is 0.630. The summed E-state index contributed by atoms with van der Waals surface area (Å²) in [6, 6.07) is 9.73. The van der Waals surface area contributed by atoms with Crippen LogP contribution in [0.5, 0.6) is 5.75 Å². The summed E-state index contributed by atoms with van der Waals surface area (Å²) < 4.78 is 51.3. The van der Waals surface area contributed by atoms with E-state index in [0.29, 0.717) is 18.8 Å². The second kappa shape index (κ2) is 9.86. The molecule has 0 aliphatic carbocycles. The summed E-state index contributed by atoms with van der Waals surface area (Å²) in [5.41, 5.74) is 4.51. The van der Waals surface area contributed by atoms with Crippen LogP contribution < -0.4 is 15.6 Å². The van der Waals surface area contributed by atoms with Crippen molar-refractivity contribution in [3.63, 3.8) is 0 Å². The predicted octanol–water partition coefficient (Wildman–Crippen LogP) is 0.859. The van der Waals surface area contributed by atoms with Crippen LogP contribution in [0.25, 0.3) is 0 Å². The summed E-state index contributed by atoms with van der Waals surface area (Å²) in [6.07, 6.45) is -0.215. The summed E-state index contributed by atoms with van der Waals surface area (Å²) in [6.45, 7) is 1.03. The van der Waals surface area contributed by atoms with Gasteiger partial charge in [-0.25, -0.2) is 12.8 Å². The van der Waals surface area contributed by atoms with Crippen molar-refractivity contribution in [2.45, 2.75) is 11.3 Å². The first-order valence-corrected chi connectivity index (χ1v) is 10.9. The van der Waals surface area contributed by atoms with Crippen molar-refractivity contribution in [1.29, 1.82) is 0 Å². The molecule has 0 bridgehead atoms. The zero-order valence-corrected chi connectivity index (χ0v) is 17.6. The molecule has 2 aromatic carbocycles. The molecule has 1 saturated heterocycles. The molecule has 0 radical (unpaired) electrons. The number of rotatable bonds is 6. The molecule has 1 heterocycles. The Morgan fingerprint density at radius 2 is 1.84 bits per heavy atom. The van der Waals surface area contributed by atoms with Crippen molar-refractivity contribution in [2.75, 3.05) is 33.4 Å². The van der Waals surface area contributed by atoms with Crippen LogP contribution >= 0.6 is 0 Å². The fourth-order valence-electron chi connectivity index (χ4n) is 3.03. The van der Waals surface area contributed by atoms with Gasteiger partial charge in [-0.15, -0.1) is 0 Å². The van der Waals surface area contributed by atoms with E-state index in [0.717, 1.165) is 6.07 Å². The molecular formula is C20H22FN3O6S. The molecule has 1 fully saturated rings. The third-order valence-corrected chi connectivity index (χ3v) is 6.53. The molecular weight excluding hydrogens is 429 g/mol. The maximum atomic E-state index is 13.6. The van der Waals surface area contributed by atoms with Crippen LogP contribution in [0, 0.1) is 5.82 Å². The number of nitrogens with one attached hydrogen (secondary N) is 2. The maximum absolute atomic E-state index is 13.6. The van der Waals surface area contributed by atoms with E-state index in [4.69, 9.17) is 9.47 Å². The van der Waals surface area contributed by atoms with E-state index in [9.17, 15) is 22.4 Å². The number of halogens is 1. The van der Waals surface area contributed by atoms with Gasteiger partial charge in [0.05, 0.1) is 32.3 Å². The first-order chi connectivity index (χ1) is 14.8. The molecule has 0 atom stereocenters. The molecule has 0 saturated carbocycles. The van der Waals surface area contributed by atoms with Gasteiger partial charge in [-0.2, -0.15) is 4.31 Å². The number of morpholine rings is 1. The van der Waals surface area contributed by atoms with Crippen LogP contribution in [0.1, 0.15) is 15.9 Å². The van der Waals surface area contributed by atoms with Crippen molar-refractivity contribution < 1.29 is 31.9 Å². The lowest BCUT2D eigenvalue weighted by Crippen LogP contribution is -2.42. The fourth-order valence-corrected chi connectivity index (χ4v) is 4.64. The zero-order valence-electron chi connectivity index (χ0n) is 16.8. The van der Waals surface area contributed by atoms with Crippen LogP contribution in [0.15, 0.2) is 47.4 Å². The van der Waals surface area contributed by atoms with Crippen LogP contribution in [0.3, 0.4) is 0 Å². The van der Waals surface area contributed by atoms with Crippen molar-refractivity contribution in [3.05, 3.63) is 59.4 Å². The number of methoxy groups -OCH3 is 1. The standard InChI is InChI=1S/C20H22FN3O6S/c1-29-17-7-6-14(12-18(17)31(27,28)24-8-10-30-11-9-24)13-19(25)22-23-20(26)15-4-2-3-5-16(15)21/h2-7,12H,8-11,13H2,1H3,(H,22,25)(H,23,26).